The second kappa shape index (κ2) is 9.98. The molecule has 3 aromatic rings. The summed E-state index contributed by atoms with van der Waals surface area (Å²) in [6.07, 6.45) is 1.64. The van der Waals surface area contributed by atoms with Gasteiger partial charge in [0.1, 0.15) is 5.15 Å². The predicted octanol–water partition coefficient (Wildman–Crippen LogP) is 7.63. The van der Waals surface area contributed by atoms with Gasteiger partial charge < -0.3 is 0 Å². The summed E-state index contributed by atoms with van der Waals surface area (Å²) in [6, 6.07) is 14.7. The predicted molar refractivity (Wildman–Crippen MR) is 131 cm³/mol. The van der Waals surface area contributed by atoms with Gasteiger partial charge in [0.15, 0.2) is 4.34 Å². The first kappa shape index (κ1) is 22.7. The molecule has 1 aliphatic heterocycles. The molecule has 158 valence electrons. The van der Waals surface area contributed by atoms with Crippen molar-refractivity contribution in [1.29, 1.82) is 0 Å². The van der Waals surface area contributed by atoms with Gasteiger partial charge in [-0.1, -0.05) is 70.8 Å². The topological polar surface area (TPSA) is 50.3 Å². The lowest BCUT2D eigenvalue weighted by Gasteiger charge is -2.12. The molecule has 0 saturated carbocycles. The van der Waals surface area contributed by atoms with Crippen LogP contribution in [0.5, 0.6) is 0 Å². The first-order valence-corrected chi connectivity index (χ1v) is 12.7. The monoisotopic (exact) mass is 526 g/mol. The lowest BCUT2D eigenvalue weighted by atomic mass is 10.2. The number of amides is 2. The molecule has 0 radical (unpaired) electrons. The van der Waals surface area contributed by atoms with Gasteiger partial charge in [-0.05, 0) is 53.2 Å². The van der Waals surface area contributed by atoms with Crippen LogP contribution < -0.4 is 0 Å². The Balaban J connectivity index is 1.45. The van der Waals surface area contributed by atoms with E-state index in [0.29, 0.717) is 25.0 Å². The lowest BCUT2D eigenvalue weighted by molar-refractivity contribution is -0.123. The number of hydrogen-bond acceptors (Lipinski definition) is 6. The third kappa shape index (κ3) is 5.66. The molecule has 0 bridgehead atoms. The minimum absolute atomic E-state index is 0.192. The SMILES string of the molecule is O=C1S/C(=C\c2sc(SCc3ccc(Cl)cc3)nc2Cl)C(=O)N1Cc1ccc(Cl)cc1. The molecule has 1 aromatic heterocycles. The van der Waals surface area contributed by atoms with E-state index in [9.17, 15) is 9.59 Å². The van der Waals surface area contributed by atoms with Gasteiger partial charge in [0.25, 0.3) is 11.1 Å². The zero-order chi connectivity index (χ0) is 22.0. The Morgan fingerprint density at radius 3 is 2.19 bits per heavy atom. The fraction of sp³-hybridized carbons (Fsp3) is 0.0952. The third-order valence-corrected chi connectivity index (χ3v) is 8.28. The molecule has 10 heteroatoms. The largest absolute Gasteiger partial charge is 0.293 e. The minimum atomic E-state index is -0.343. The highest BCUT2D eigenvalue weighted by Gasteiger charge is 2.35. The molecule has 1 saturated heterocycles. The van der Waals surface area contributed by atoms with Gasteiger partial charge >= 0.3 is 0 Å². The maximum atomic E-state index is 12.8. The molecular weight excluding hydrogens is 515 g/mol. The van der Waals surface area contributed by atoms with E-state index < -0.39 is 0 Å². The van der Waals surface area contributed by atoms with Crippen LogP contribution in [0.15, 0.2) is 57.8 Å². The van der Waals surface area contributed by atoms with Crippen molar-refractivity contribution >= 4 is 86.9 Å². The normalized spacial score (nSPS) is 15.3. The van der Waals surface area contributed by atoms with Crippen molar-refractivity contribution in [2.75, 3.05) is 0 Å². The molecule has 0 unspecified atom stereocenters. The molecule has 0 atom stereocenters. The molecule has 31 heavy (non-hydrogen) atoms. The molecular formula is C21H13Cl3N2O2S3. The summed E-state index contributed by atoms with van der Waals surface area (Å²) in [5.41, 5.74) is 1.94. The highest BCUT2D eigenvalue weighted by molar-refractivity contribution is 8.18. The smallest absolute Gasteiger partial charge is 0.268 e. The van der Waals surface area contributed by atoms with Gasteiger partial charge in [0, 0.05) is 15.8 Å². The molecule has 1 aliphatic rings. The average molecular weight is 528 g/mol. The number of hydrogen-bond donors (Lipinski definition) is 0. The van der Waals surface area contributed by atoms with Crippen LogP contribution in [0.2, 0.25) is 15.2 Å². The Kier molecular flexibility index (Phi) is 7.31. The van der Waals surface area contributed by atoms with Crippen molar-refractivity contribution in [3.63, 3.8) is 0 Å². The maximum absolute atomic E-state index is 12.8. The number of aromatic nitrogens is 1. The van der Waals surface area contributed by atoms with Crippen molar-refractivity contribution < 1.29 is 9.59 Å². The summed E-state index contributed by atoms with van der Waals surface area (Å²) < 4.78 is 0.784. The van der Waals surface area contributed by atoms with Crippen molar-refractivity contribution in [3.05, 3.63) is 84.6 Å². The second-order valence-corrected chi connectivity index (χ2v) is 10.9. The highest BCUT2D eigenvalue weighted by atomic mass is 35.5. The van der Waals surface area contributed by atoms with E-state index in [2.05, 4.69) is 4.98 Å². The fourth-order valence-electron chi connectivity index (χ4n) is 2.70. The number of carbonyl (C=O) groups excluding carboxylic acids is 2. The average Bonchev–Trinajstić information content (AvgIpc) is 3.23. The standard InChI is InChI=1S/C21H13Cl3N2O2S3/c22-14-5-1-12(2-6-14)10-26-19(27)17(31-21(26)28)9-16-18(24)25-20(30-16)29-11-13-3-7-15(23)8-4-13/h1-9H,10-11H2/b17-9-. The number of carbonyl (C=O) groups is 2. The van der Waals surface area contributed by atoms with Crippen LogP contribution in [0, 0.1) is 0 Å². The van der Waals surface area contributed by atoms with Crippen LogP contribution in [0.25, 0.3) is 6.08 Å². The minimum Gasteiger partial charge on any atom is -0.268 e. The summed E-state index contributed by atoms with van der Waals surface area (Å²) in [6.45, 7) is 0.192. The van der Waals surface area contributed by atoms with E-state index in [1.165, 1.54) is 16.2 Å². The second-order valence-electron chi connectivity index (χ2n) is 6.44. The number of thiazole rings is 1. The molecule has 0 spiro atoms. The zero-order valence-electron chi connectivity index (χ0n) is 15.7. The molecule has 2 heterocycles. The summed E-state index contributed by atoms with van der Waals surface area (Å²) in [5.74, 6) is 0.378. The number of nitrogens with zero attached hydrogens (tertiary/aromatic N) is 2. The molecule has 2 aromatic carbocycles. The third-order valence-electron chi connectivity index (χ3n) is 4.26. The quantitative estimate of drug-likeness (QED) is 0.244. The van der Waals surface area contributed by atoms with Crippen LogP contribution in [-0.2, 0) is 17.1 Å². The summed E-state index contributed by atoms with van der Waals surface area (Å²) >= 11 is 21.9. The Morgan fingerprint density at radius 1 is 0.935 bits per heavy atom. The van der Waals surface area contributed by atoms with Crippen molar-refractivity contribution in [3.8, 4) is 0 Å². The van der Waals surface area contributed by atoms with E-state index in [0.717, 1.165) is 33.0 Å². The Morgan fingerprint density at radius 2 is 1.55 bits per heavy atom. The van der Waals surface area contributed by atoms with Gasteiger partial charge in [-0.15, -0.1) is 11.3 Å². The molecule has 0 N–H and O–H groups in total. The fourth-order valence-corrected chi connectivity index (χ4v) is 6.15. The summed E-state index contributed by atoms with van der Waals surface area (Å²) in [4.78, 5) is 31.7. The first-order valence-electron chi connectivity index (χ1n) is 8.92. The number of rotatable bonds is 6. The zero-order valence-corrected chi connectivity index (χ0v) is 20.4. The molecule has 4 nitrogen and oxygen atoms in total. The van der Waals surface area contributed by atoms with Crippen LogP contribution >= 0.6 is 69.7 Å². The van der Waals surface area contributed by atoms with Crippen molar-refractivity contribution in [1.82, 2.24) is 9.88 Å². The lowest BCUT2D eigenvalue weighted by Crippen LogP contribution is -2.27. The maximum Gasteiger partial charge on any atom is 0.293 e. The van der Waals surface area contributed by atoms with Gasteiger partial charge in [-0.3, -0.25) is 14.5 Å². The molecule has 0 aliphatic carbocycles. The highest BCUT2D eigenvalue weighted by Crippen LogP contribution is 2.38. The Labute approximate surface area is 206 Å². The van der Waals surface area contributed by atoms with E-state index >= 15 is 0 Å². The van der Waals surface area contributed by atoms with Crippen molar-refractivity contribution in [2.24, 2.45) is 0 Å². The van der Waals surface area contributed by atoms with E-state index in [4.69, 9.17) is 34.8 Å². The Hall–Kier alpha value is -1.48. The molecule has 1 fully saturated rings. The van der Waals surface area contributed by atoms with Gasteiger partial charge in [0.05, 0.1) is 16.3 Å². The van der Waals surface area contributed by atoms with Crippen LogP contribution in [0.3, 0.4) is 0 Å². The molecule has 2 amide bonds. The van der Waals surface area contributed by atoms with Crippen LogP contribution in [-0.4, -0.2) is 21.0 Å². The van der Waals surface area contributed by atoms with Crippen LogP contribution in [0.1, 0.15) is 16.0 Å². The van der Waals surface area contributed by atoms with E-state index in [1.807, 2.05) is 24.3 Å². The molecule has 4 rings (SSSR count). The number of thioether (sulfide) groups is 2. The summed E-state index contributed by atoms with van der Waals surface area (Å²) in [5, 5.41) is 1.29. The van der Waals surface area contributed by atoms with Crippen LogP contribution in [0.4, 0.5) is 4.79 Å². The van der Waals surface area contributed by atoms with E-state index in [-0.39, 0.29) is 17.7 Å². The van der Waals surface area contributed by atoms with Gasteiger partial charge in [-0.25, -0.2) is 4.98 Å². The summed E-state index contributed by atoms with van der Waals surface area (Å²) in [7, 11) is 0. The number of halogens is 3. The van der Waals surface area contributed by atoms with E-state index in [1.54, 1.807) is 42.1 Å². The number of imide groups is 1. The first-order chi connectivity index (χ1) is 14.9. The number of benzene rings is 2. The van der Waals surface area contributed by atoms with Gasteiger partial charge in [-0.2, -0.15) is 0 Å². The Bertz CT molecular complexity index is 1160. The van der Waals surface area contributed by atoms with Gasteiger partial charge in [0.2, 0.25) is 0 Å². The van der Waals surface area contributed by atoms with Crippen molar-refractivity contribution in [2.45, 2.75) is 16.6 Å².